The Morgan fingerprint density at radius 3 is 2.42 bits per heavy atom. The fourth-order valence-corrected chi connectivity index (χ4v) is 4.70. The van der Waals surface area contributed by atoms with E-state index in [9.17, 15) is 4.79 Å². The lowest BCUT2D eigenvalue weighted by Crippen LogP contribution is -2.51. The van der Waals surface area contributed by atoms with E-state index < -0.39 is 0 Å². The van der Waals surface area contributed by atoms with Gasteiger partial charge in [0.1, 0.15) is 17.5 Å². The van der Waals surface area contributed by atoms with E-state index in [2.05, 4.69) is 24.9 Å². The molecule has 0 N–H and O–H groups in total. The first-order chi connectivity index (χ1) is 15.1. The number of carbonyl (C=O) groups excluding carboxylic acids is 1. The van der Waals surface area contributed by atoms with Gasteiger partial charge in [0.15, 0.2) is 0 Å². The minimum Gasteiger partial charge on any atom is -0.368 e. The number of nitrogens with zero attached hydrogens (tertiary/aromatic N) is 6. The third-order valence-corrected chi connectivity index (χ3v) is 6.60. The van der Waals surface area contributed by atoms with E-state index >= 15 is 0 Å². The second kappa shape index (κ2) is 8.34. The summed E-state index contributed by atoms with van der Waals surface area (Å²) < 4.78 is 5.27. The average Bonchev–Trinajstić information content (AvgIpc) is 3.20. The molecule has 162 valence electrons. The molecule has 0 spiro atoms. The molecular formula is C22H25ClN6O2. The van der Waals surface area contributed by atoms with Crippen LogP contribution in [0.2, 0.25) is 5.02 Å². The number of piperidine rings is 1. The van der Waals surface area contributed by atoms with Crippen molar-refractivity contribution in [1.82, 2.24) is 20.0 Å². The molecule has 2 aromatic heterocycles. The summed E-state index contributed by atoms with van der Waals surface area (Å²) in [5.74, 6) is 1.20. The quantitative estimate of drug-likeness (QED) is 0.619. The maximum Gasteiger partial charge on any atom is 0.263 e. The van der Waals surface area contributed by atoms with Crippen LogP contribution in [-0.2, 0) is 4.79 Å². The Kier molecular flexibility index (Phi) is 5.40. The van der Waals surface area contributed by atoms with Crippen molar-refractivity contribution in [3.63, 3.8) is 0 Å². The van der Waals surface area contributed by atoms with Crippen molar-refractivity contribution in [2.45, 2.75) is 19.8 Å². The van der Waals surface area contributed by atoms with E-state index in [0.717, 1.165) is 79.7 Å². The summed E-state index contributed by atoms with van der Waals surface area (Å²) in [7, 11) is 0. The zero-order chi connectivity index (χ0) is 21.4. The highest BCUT2D eigenvalue weighted by Gasteiger charge is 2.31. The predicted molar refractivity (Wildman–Crippen MR) is 120 cm³/mol. The van der Waals surface area contributed by atoms with Gasteiger partial charge in [0.05, 0.1) is 5.69 Å². The van der Waals surface area contributed by atoms with E-state index in [0.29, 0.717) is 5.71 Å². The number of anilines is 2. The van der Waals surface area contributed by atoms with Crippen molar-refractivity contribution in [2.75, 3.05) is 49.1 Å². The second-order valence-electron chi connectivity index (χ2n) is 8.20. The second-order valence-corrected chi connectivity index (χ2v) is 8.63. The molecule has 9 heteroatoms. The van der Waals surface area contributed by atoms with Gasteiger partial charge in [0.25, 0.3) is 5.71 Å². The number of benzene rings is 1. The Morgan fingerprint density at radius 2 is 1.71 bits per heavy atom. The normalized spacial score (nSPS) is 18.1. The minimum atomic E-state index is 0.0687. The number of carbonyl (C=O) groups is 1. The van der Waals surface area contributed by atoms with Gasteiger partial charge >= 0.3 is 0 Å². The summed E-state index contributed by atoms with van der Waals surface area (Å²) in [5.41, 5.74) is 2.46. The largest absolute Gasteiger partial charge is 0.368 e. The van der Waals surface area contributed by atoms with E-state index in [1.165, 1.54) is 6.33 Å². The van der Waals surface area contributed by atoms with Crippen LogP contribution in [0.5, 0.6) is 0 Å². The molecule has 2 saturated heterocycles. The SMILES string of the molecule is Cc1noc2ncnc(N3CCC(C(=O)N4CCN(c5ccc(Cl)cc5)CC4)CC3)c12. The van der Waals surface area contributed by atoms with E-state index in [1.807, 2.05) is 36.1 Å². The summed E-state index contributed by atoms with van der Waals surface area (Å²) in [5, 5.41) is 5.62. The molecule has 5 rings (SSSR count). The fraction of sp³-hybridized carbons (Fsp3) is 0.455. The van der Waals surface area contributed by atoms with Crippen molar-refractivity contribution in [3.05, 3.63) is 41.3 Å². The maximum atomic E-state index is 13.1. The topological polar surface area (TPSA) is 78.6 Å². The Bertz CT molecular complexity index is 1070. The molecule has 4 heterocycles. The number of fused-ring (bicyclic) bond motifs is 1. The van der Waals surface area contributed by atoms with Crippen LogP contribution in [0.4, 0.5) is 11.5 Å². The summed E-state index contributed by atoms with van der Waals surface area (Å²) in [4.78, 5) is 28.3. The first kappa shape index (κ1) is 20.1. The van der Waals surface area contributed by atoms with Crippen molar-refractivity contribution >= 4 is 40.1 Å². The van der Waals surface area contributed by atoms with E-state index in [-0.39, 0.29) is 11.8 Å². The first-order valence-corrected chi connectivity index (χ1v) is 11.1. The predicted octanol–water partition coefficient (Wildman–Crippen LogP) is 3.14. The number of aromatic nitrogens is 3. The van der Waals surface area contributed by atoms with Crippen molar-refractivity contribution in [3.8, 4) is 0 Å². The molecule has 2 fully saturated rings. The molecule has 1 amide bonds. The number of aryl methyl sites for hydroxylation is 1. The van der Waals surface area contributed by atoms with Crippen molar-refractivity contribution < 1.29 is 9.32 Å². The van der Waals surface area contributed by atoms with Gasteiger partial charge in [-0.1, -0.05) is 16.8 Å². The standard InChI is InChI=1S/C22H25ClN6O2/c1-15-19-20(24-14-25-21(19)31-26-15)28-8-6-16(7-9-28)22(30)29-12-10-27(11-13-29)18-4-2-17(23)3-5-18/h2-5,14,16H,6-13H2,1H3. The summed E-state index contributed by atoms with van der Waals surface area (Å²) in [6, 6.07) is 7.90. The zero-order valence-corrected chi connectivity index (χ0v) is 18.3. The molecule has 2 aliphatic heterocycles. The Labute approximate surface area is 185 Å². The molecule has 0 saturated carbocycles. The number of hydrogen-bond donors (Lipinski definition) is 0. The molecule has 0 aliphatic carbocycles. The molecule has 0 unspecified atom stereocenters. The lowest BCUT2D eigenvalue weighted by Gasteiger charge is -2.39. The maximum absolute atomic E-state index is 13.1. The Morgan fingerprint density at radius 1 is 1.00 bits per heavy atom. The molecule has 3 aromatic rings. The lowest BCUT2D eigenvalue weighted by atomic mass is 9.94. The van der Waals surface area contributed by atoms with Crippen LogP contribution in [0, 0.1) is 12.8 Å². The molecule has 1 aromatic carbocycles. The molecule has 0 atom stereocenters. The minimum absolute atomic E-state index is 0.0687. The number of halogens is 1. The molecule has 0 radical (unpaired) electrons. The van der Waals surface area contributed by atoms with Crippen LogP contribution in [0.15, 0.2) is 35.1 Å². The van der Waals surface area contributed by atoms with Crippen LogP contribution in [0.1, 0.15) is 18.5 Å². The van der Waals surface area contributed by atoms with Crippen LogP contribution < -0.4 is 9.80 Å². The molecule has 0 bridgehead atoms. The van der Waals surface area contributed by atoms with E-state index in [1.54, 1.807) is 0 Å². The lowest BCUT2D eigenvalue weighted by molar-refractivity contribution is -0.136. The molecular weight excluding hydrogens is 416 g/mol. The number of amides is 1. The van der Waals surface area contributed by atoms with Crippen LogP contribution in [0.25, 0.3) is 11.1 Å². The van der Waals surface area contributed by atoms with Crippen molar-refractivity contribution in [2.24, 2.45) is 5.92 Å². The molecule has 8 nitrogen and oxygen atoms in total. The Balaban J connectivity index is 1.18. The van der Waals surface area contributed by atoms with Gasteiger partial charge in [0.2, 0.25) is 5.91 Å². The highest BCUT2D eigenvalue weighted by molar-refractivity contribution is 6.30. The van der Waals surface area contributed by atoms with E-state index in [4.69, 9.17) is 16.1 Å². The van der Waals surface area contributed by atoms with Gasteiger partial charge in [-0.05, 0) is 44.0 Å². The smallest absolute Gasteiger partial charge is 0.263 e. The van der Waals surface area contributed by atoms with Crippen LogP contribution in [-0.4, -0.2) is 65.2 Å². The molecule has 2 aliphatic rings. The number of piperazine rings is 1. The summed E-state index contributed by atoms with van der Waals surface area (Å²) >= 11 is 5.99. The van der Waals surface area contributed by atoms with Gasteiger partial charge in [0, 0.05) is 55.9 Å². The zero-order valence-electron chi connectivity index (χ0n) is 17.5. The first-order valence-electron chi connectivity index (χ1n) is 10.7. The van der Waals surface area contributed by atoms with Crippen molar-refractivity contribution in [1.29, 1.82) is 0 Å². The highest BCUT2D eigenvalue weighted by atomic mass is 35.5. The monoisotopic (exact) mass is 440 g/mol. The van der Waals surface area contributed by atoms with Crippen LogP contribution >= 0.6 is 11.6 Å². The van der Waals surface area contributed by atoms with Gasteiger partial charge in [-0.3, -0.25) is 4.79 Å². The third kappa shape index (κ3) is 3.92. The Hall–Kier alpha value is -2.87. The number of rotatable bonds is 3. The third-order valence-electron chi connectivity index (χ3n) is 6.35. The van der Waals surface area contributed by atoms with Gasteiger partial charge in [-0.2, -0.15) is 4.98 Å². The highest BCUT2D eigenvalue weighted by Crippen LogP contribution is 2.30. The summed E-state index contributed by atoms with van der Waals surface area (Å²) in [6.45, 7) is 6.69. The summed E-state index contributed by atoms with van der Waals surface area (Å²) in [6.07, 6.45) is 3.16. The van der Waals surface area contributed by atoms with Gasteiger partial charge in [-0.15, -0.1) is 0 Å². The average molecular weight is 441 g/mol. The fourth-order valence-electron chi connectivity index (χ4n) is 4.58. The molecule has 31 heavy (non-hydrogen) atoms. The van der Waals surface area contributed by atoms with Gasteiger partial charge in [-0.25, -0.2) is 4.98 Å². The number of hydrogen-bond acceptors (Lipinski definition) is 7. The van der Waals surface area contributed by atoms with Crippen LogP contribution in [0.3, 0.4) is 0 Å². The van der Waals surface area contributed by atoms with Gasteiger partial charge < -0.3 is 19.2 Å².